The maximum atomic E-state index is 12.0. The Morgan fingerprint density at radius 2 is 2.14 bits per heavy atom. The minimum atomic E-state index is -0.538. The molecule has 0 unspecified atom stereocenters. The molecule has 22 heavy (non-hydrogen) atoms. The van der Waals surface area contributed by atoms with E-state index in [0.717, 1.165) is 11.3 Å². The minimum Gasteiger partial charge on any atom is -0.267 e. The second-order valence-electron chi connectivity index (χ2n) is 4.57. The molecular weight excluding hydrogens is 302 g/mol. The third-order valence-electron chi connectivity index (χ3n) is 3.01. The first-order valence-electron chi connectivity index (χ1n) is 6.69. The highest BCUT2D eigenvalue weighted by atomic mass is 32.1. The fourth-order valence-corrected chi connectivity index (χ4v) is 2.67. The molecule has 1 heterocycles. The number of hydrogen-bond donors (Lipinski definition) is 1. The van der Waals surface area contributed by atoms with Crippen molar-refractivity contribution < 1.29 is 9.72 Å². The first kappa shape index (κ1) is 15.8. The van der Waals surface area contributed by atoms with E-state index < -0.39 is 10.8 Å². The van der Waals surface area contributed by atoms with Crippen LogP contribution in [-0.2, 0) is 6.42 Å². The molecule has 0 atom stereocenters. The van der Waals surface area contributed by atoms with Gasteiger partial charge in [-0.05, 0) is 31.5 Å². The molecule has 6 nitrogen and oxygen atoms in total. The van der Waals surface area contributed by atoms with Crippen LogP contribution in [0, 0.1) is 10.1 Å². The Hall–Kier alpha value is -2.54. The number of thiophene rings is 1. The lowest BCUT2D eigenvalue weighted by Gasteiger charge is -2.01. The van der Waals surface area contributed by atoms with Crippen molar-refractivity contribution in [1.29, 1.82) is 0 Å². The molecule has 7 heteroatoms. The van der Waals surface area contributed by atoms with E-state index >= 15 is 0 Å². The van der Waals surface area contributed by atoms with Crippen molar-refractivity contribution in [2.75, 3.05) is 0 Å². The third kappa shape index (κ3) is 3.76. The maximum Gasteiger partial charge on any atom is 0.271 e. The molecule has 2 rings (SSSR count). The van der Waals surface area contributed by atoms with Crippen LogP contribution in [0.4, 0.5) is 5.69 Å². The van der Waals surface area contributed by atoms with Gasteiger partial charge >= 0.3 is 0 Å². The second kappa shape index (κ2) is 6.95. The molecule has 0 bridgehead atoms. The van der Waals surface area contributed by atoms with Gasteiger partial charge in [0.2, 0.25) is 0 Å². The van der Waals surface area contributed by atoms with E-state index in [4.69, 9.17) is 0 Å². The highest BCUT2D eigenvalue weighted by molar-refractivity contribution is 7.14. The van der Waals surface area contributed by atoms with Gasteiger partial charge in [-0.2, -0.15) is 5.10 Å². The lowest BCUT2D eigenvalue weighted by Crippen LogP contribution is -2.19. The number of nitro benzene ring substituents is 1. The number of non-ortho nitro benzene ring substituents is 1. The molecule has 114 valence electrons. The van der Waals surface area contributed by atoms with Crippen LogP contribution in [0.15, 0.2) is 41.5 Å². The van der Waals surface area contributed by atoms with Gasteiger partial charge in [0.25, 0.3) is 11.6 Å². The van der Waals surface area contributed by atoms with Gasteiger partial charge in [0.1, 0.15) is 0 Å². The second-order valence-corrected chi connectivity index (χ2v) is 5.73. The van der Waals surface area contributed by atoms with Gasteiger partial charge in [0.05, 0.1) is 15.5 Å². The summed E-state index contributed by atoms with van der Waals surface area (Å²) in [5, 5.41) is 14.8. The third-order valence-corrected chi connectivity index (χ3v) is 4.35. The minimum absolute atomic E-state index is 0.126. The summed E-state index contributed by atoms with van der Waals surface area (Å²) in [6, 6.07) is 9.52. The zero-order valence-corrected chi connectivity index (χ0v) is 13.0. The molecule has 2 aromatic rings. The van der Waals surface area contributed by atoms with Gasteiger partial charge in [-0.15, -0.1) is 11.3 Å². The predicted octanol–water partition coefficient (Wildman–Crippen LogP) is 3.37. The molecule has 1 aromatic carbocycles. The van der Waals surface area contributed by atoms with Gasteiger partial charge in [0, 0.05) is 22.6 Å². The molecule has 0 radical (unpaired) electrons. The molecule has 0 aliphatic rings. The summed E-state index contributed by atoms with van der Waals surface area (Å²) in [6.07, 6.45) is 0.956. The maximum absolute atomic E-state index is 12.0. The summed E-state index contributed by atoms with van der Waals surface area (Å²) >= 11 is 1.62. The Morgan fingerprint density at radius 3 is 2.77 bits per heavy atom. The first-order chi connectivity index (χ1) is 10.5. The van der Waals surface area contributed by atoms with Crippen LogP contribution in [0.2, 0.25) is 0 Å². The number of rotatable bonds is 5. The Bertz CT molecular complexity index is 737. The van der Waals surface area contributed by atoms with Crippen LogP contribution in [0.3, 0.4) is 0 Å². The number of hydrazone groups is 1. The number of nitrogens with one attached hydrogen (secondary N) is 1. The van der Waals surface area contributed by atoms with E-state index in [2.05, 4.69) is 17.5 Å². The fraction of sp³-hybridized carbons (Fsp3) is 0.200. The van der Waals surface area contributed by atoms with Crippen LogP contribution in [0.25, 0.3) is 0 Å². The summed E-state index contributed by atoms with van der Waals surface area (Å²) in [4.78, 5) is 24.4. The number of amides is 1. The average molecular weight is 317 g/mol. The Labute approximate surface area is 131 Å². The monoisotopic (exact) mass is 317 g/mol. The molecule has 1 aromatic heterocycles. The number of nitro groups is 1. The smallest absolute Gasteiger partial charge is 0.267 e. The molecule has 0 saturated heterocycles. The summed E-state index contributed by atoms with van der Waals surface area (Å²) in [7, 11) is 0. The molecule has 0 aliphatic heterocycles. The van der Waals surface area contributed by atoms with Crippen LogP contribution >= 0.6 is 11.3 Å². The quantitative estimate of drug-likeness (QED) is 0.521. The molecule has 1 amide bonds. The van der Waals surface area contributed by atoms with E-state index in [1.54, 1.807) is 18.3 Å². The number of carbonyl (C=O) groups is 1. The summed E-state index contributed by atoms with van der Waals surface area (Å²) in [5.74, 6) is -0.477. The Kier molecular flexibility index (Phi) is 5.00. The van der Waals surface area contributed by atoms with E-state index in [1.165, 1.54) is 29.1 Å². The van der Waals surface area contributed by atoms with Crippen LogP contribution in [-0.4, -0.2) is 16.5 Å². The highest BCUT2D eigenvalue weighted by Gasteiger charge is 2.11. The van der Waals surface area contributed by atoms with Gasteiger partial charge < -0.3 is 0 Å². The van der Waals surface area contributed by atoms with Gasteiger partial charge in [0.15, 0.2) is 0 Å². The molecular formula is C15H15N3O3S. The molecule has 0 saturated carbocycles. The summed E-state index contributed by atoms with van der Waals surface area (Å²) in [5.41, 5.74) is 3.20. The van der Waals surface area contributed by atoms with Crippen molar-refractivity contribution in [1.82, 2.24) is 5.43 Å². The topological polar surface area (TPSA) is 84.6 Å². The number of benzene rings is 1. The Balaban J connectivity index is 2.10. The average Bonchev–Trinajstić information content (AvgIpc) is 3.01. The van der Waals surface area contributed by atoms with Crippen molar-refractivity contribution in [2.24, 2.45) is 5.10 Å². The molecule has 0 spiro atoms. The molecule has 1 N–H and O–H groups in total. The van der Waals surface area contributed by atoms with Crippen molar-refractivity contribution in [3.8, 4) is 0 Å². The van der Waals surface area contributed by atoms with Crippen molar-refractivity contribution >= 4 is 28.6 Å². The number of aryl methyl sites for hydroxylation is 1. The lowest BCUT2D eigenvalue weighted by molar-refractivity contribution is -0.384. The van der Waals surface area contributed by atoms with Crippen LogP contribution in [0.5, 0.6) is 0 Å². The van der Waals surface area contributed by atoms with E-state index in [1.807, 2.05) is 12.1 Å². The zero-order chi connectivity index (χ0) is 16.1. The number of hydrogen-bond acceptors (Lipinski definition) is 5. The predicted molar refractivity (Wildman–Crippen MR) is 86.5 cm³/mol. The summed E-state index contributed by atoms with van der Waals surface area (Å²) < 4.78 is 0. The van der Waals surface area contributed by atoms with Crippen LogP contribution < -0.4 is 5.43 Å². The van der Waals surface area contributed by atoms with Crippen molar-refractivity contribution in [3.63, 3.8) is 0 Å². The Morgan fingerprint density at radius 1 is 1.36 bits per heavy atom. The van der Waals surface area contributed by atoms with Crippen molar-refractivity contribution in [2.45, 2.75) is 20.3 Å². The van der Waals surface area contributed by atoms with Gasteiger partial charge in [-0.25, -0.2) is 5.43 Å². The normalized spacial score (nSPS) is 11.3. The lowest BCUT2D eigenvalue weighted by atomic mass is 10.2. The fourth-order valence-electron chi connectivity index (χ4n) is 1.78. The molecule has 0 aliphatic carbocycles. The standard InChI is InChI=1S/C15H15N3O3S/c1-3-13-7-8-14(22-13)10(2)16-17-15(19)11-5-4-6-12(9-11)18(20)21/h4-9H,3H2,1-2H3,(H,17,19). The molecule has 0 fully saturated rings. The largest absolute Gasteiger partial charge is 0.271 e. The zero-order valence-electron chi connectivity index (χ0n) is 12.2. The summed E-state index contributed by atoms with van der Waals surface area (Å²) in [6.45, 7) is 3.88. The van der Waals surface area contributed by atoms with Gasteiger partial charge in [-0.1, -0.05) is 13.0 Å². The van der Waals surface area contributed by atoms with Crippen LogP contribution in [0.1, 0.15) is 34.0 Å². The van der Waals surface area contributed by atoms with E-state index in [-0.39, 0.29) is 11.3 Å². The first-order valence-corrected chi connectivity index (χ1v) is 7.51. The number of carbonyl (C=O) groups excluding carboxylic acids is 1. The van der Waals surface area contributed by atoms with E-state index in [0.29, 0.717) is 5.71 Å². The SMILES string of the molecule is CCc1ccc(C(C)=NNC(=O)c2cccc([N+](=O)[O-])c2)s1. The van der Waals surface area contributed by atoms with E-state index in [9.17, 15) is 14.9 Å². The van der Waals surface area contributed by atoms with Gasteiger partial charge in [-0.3, -0.25) is 14.9 Å². The highest BCUT2D eigenvalue weighted by Crippen LogP contribution is 2.17. The number of nitrogens with zero attached hydrogens (tertiary/aromatic N) is 2. The van der Waals surface area contributed by atoms with Crippen molar-refractivity contribution in [3.05, 3.63) is 61.8 Å².